The van der Waals surface area contributed by atoms with Crippen LogP contribution in [-0.2, 0) is 11.2 Å². The zero-order valence-corrected chi connectivity index (χ0v) is 17.1. The van der Waals surface area contributed by atoms with E-state index in [4.69, 9.17) is 9.15 Å². The lowest BCUT2D eigenvalue weighted by Crippen LogP contribution is -2.36. The molecule has 33 heavy (non-hydrogen) atoms. The normalized spacial score (nSPS) is 20.3. The van der Waals surface area contributed by atoms with Crippen LogP contribution in [0.3, 0.4) is 0 Å². The average molecular weight is 479 g/mol. The molecule has 0 unspecified atom stereocenters. The van der Waals surface area contributed by atoms with Crippen molar-refractivity contribution in [3.05, 3.63) is 35.5 Å². The third kappa shape index (κ3) is 5.34. The maximum absolute atomic E-state index is 14.4. The first-order valence-corrected chi connectivity index (χ1v) is 10.1. The first kappa shape index (κ1) is 23.2. The fourth-order valence-corrected chi connectivity index (χ4v) is 3.52. The summed E-state index contributed by atoms with van der Waals surface area (Å²) in [6.45, 7) is -0.196. The molecule has 1 N–H and O–H groups in total. The van der Waals surface area contributed by atoms with Crippen LogP contribution in [0, 0.1) is 5.82 Å². The Morgan fingerprint density at radius 1 is 1.27 bits per heavy atom. The quantitative estimate of drug-likeness (QED) is 0.627. The summed E-state index contributed by atoms with van der Waals surface area (Å²) >= 11 is 0. The van der Waals surface area contributed by atoms with E-state index in [1.54, 1.807) is 4.90 Å². The molecule has 13 heteroatoms. The molecule has 0 aliphatic carbocycles. The minimum Gasteiger partial charge on any atom is -0.479 e. The molecule has 2 saturated heterocycles. The van der Waals surface area contributed by atoms with Gasteiger partial charge in [0, 0.05) is 24.8 Å². The number of ether oxygens (including phenoxy) is 2. The summed E-state index contributed by atoms with van der Waals surface area (Å²) in [7, 11) is 0. The van der Waals surface area contributed by atoms with Gasteiger partial charge in [-0.05, 0) is 25.0 Å². The van der Waals surface area contributed by atoms with E-state index in [9.17, 15) is 31.1 Å². The van der Waals surface area contributed by atoms with Crippen LogP contribution < -0.4 is 15.0 Å². The van der Waals surface area contributed by atoms with Gasteiger partial charge >= 0.3 is 12.1 Å². The van der Waals surface area contributed by atoms with Gasteiger partial charge in [0.05, 0.1) is 6.61 Å². The van der Waals surface area contributed by atoms with E-state index in [0.29, 0.717) is 13.1 Å². The van der Waals surface area contributed by atoms with Crippen LogP contribution in [-0.4, -0.2) is 55.4 Å². The Balaban J connectivity index is 1.51. The summed E-state index contributed by atoms with van der Waals surface area (Å²) in [5.74, 6) is -6.52. The predicted molar refractivity (Wildman–Crippen MR) is 102 cm³/mol. The fraction of sp³-hybridized carbons (Fsp3) is 0.500. The minimum atomic E-state index is -4.64. The first-order chi connectivity index (χ1) is 15.5. The van der Waals surface area contributed by atoms with Crippen molar-refractivity contribution in [2.24, 2.45) is 0 Å². The van der Waals surface area contributed by atoms with Crippen LogP contribution in [0.25, 0.3) is 0 Å². The number of hydrogen-bond donors (Lipinski definition) is 1. The highest BCUT2D eigenvalue weighted by Crippen LogP contribution is 2.32. The Labute approximate surface area is 183 Å². The van der Waals surface area contributed by atoms with Crippen molar-refractivity contribution in [3.8, 4) is 5.75 Å². The van der Waals surface area contributed by atoms with Crippen LogP contribution in [0.4, 0.5) is 38.0 Å². The van der Waals surface area contributed by atoms with Crippen LogP contribution in [0.15, 0.2) is 22.6 Å². The molecule has 2 fully saturated rings. The van der Waals surface area contributed by atoms with Crippen LogP contribution >= 0.6 is 0 Å². The first-order valence-electron chi connectivity index (χ1n) is 10.1. The van der Waals surface area contributed by atoms with E-state index in [0.717, 1.165) is 31.0 Å². The summed E-state index contributed by atoms with van der Waals surface area (Å²) < 4.78 is 95.3. The van der Waals surface area contributed by atoms with Crippen LogP contribution in [0.2, 0.25) is 0 Å². The second-order valence-corrected chi connectivity index (χ2v) is 7.74. The lowest BCUT2D eigenvalue weighted by atomic mass is 10.2. The molecular weight excluding hydrogens is 460 g/mol. The van der Waals surface area contributed by atoms with Crippen LogP contribution in [0.5, 0.6) is 5.75 Å². The van der Waals surface area contributed by atoms with Crippen molar-refractivity contribution in [2.75, 3.05) is 36.5 Å². The van der Waals surface area contributed by atoms with Gasteiger partial charge < -0.3 is 24.1 Å². The zero-order valence-electron chi connectivity index (χ0n) is 17.1. The van der Waals surface area contributed by atoms with Crippen molar-refractivity contribution < 1.29 is 45.0 Å². The molecule has 0 bridgehead atoms. The third-order valence-electron chi connectivity index (χ3n) is 5.13. The summed E-state index contributed by atoms with van der Waals surface area (Å²) in [6, 6.07) is 2.89. The Kier molecular flexibility index (Phi) is 6.16. The van der Waals surface area contributed by atoms with Crippen molar-refractivity contribution >= 4 is 17.6 Å². The maximum atomic E-state index is 14.4. The number of rotatable bonds is 6. The van der Waals surface area contributed by atoms with E-state index in [1.165, 1.54) is 0 Å². The Hall–Kier alpha value is -2.96. The summed E-state index contributed by atoms with van der Waals surface area (Å²) in [4.78, 5) is 18.2. The highest BCUT2D eigenvalue weighted by Gasteiger charge is 2.47. The minimum absolute atomic E-state index is 0.0912. The number of anilines is 2. The molecule has 180 valence electrons. The van der Waals surface area contributed by atoms with Crippen LogP contribution in [0.1, 0.15) is 29.1 Å². The van der Waals surface area contributed by atoms with Crippen molar-refractivity contribution in [3.63, 3.8) is 0 Å². The maximum Gasteiger partial charge on any atom is 0.396 e. The predicted octanol–water partition coefficient (Wildman–Crippen LogP) is 4.18. The number of nitrogens with one attached hydrogen (secondary N) is 1. The van der Waals surface area contributed by atoms with E-state index < -0.39 is 66.8 Å². The van der Waals surface area contributed by atoms with E-state index >= 15 is 0 Å². The van der Waals surface area contributed by atoms with Gasteiger partial charge in [-0.15, -0.1) is 0 Å². The zero-order chi connectivity index (χ0) is 23.8. The molecular formula is C20H19F6N3O4. The number of oxazole rings is 1. The number of hydrogen-bond acceptors (Lipinski definition) is 6. The molecule has 0 saturated carbocycles. The molecule has 2 aliphatic rings. The van der Waals surface area contributed by atoms with Gasteiger partial charge in [-0.1, -0.05) is 0 Å². The topological polar surface area (TPSA) is 76.8 Å². The summed E-state index contributed by atoms with van der Waals surface area (Å²) in [5, 5.41) is 2.25. The third-order valence-corrected chi connectivity index (χ3v) is 5.13. The molecule has 1 aromatic heterocycles. The number of carbonyl (C=O) groups excluding carboxylic acids is 1. The molecule has 1 amide bonds. The van der Waals surface area contributed by atoms with Gasteiger partial charge in [-0.2, -0.15) is 26.9 Å². The second-order valence-electron chi connectivity index (χ2n) is 7.74. The molecule has 2 aliphatic heterocycles. The van der Waals surface area contributed by atoms with Gasteiger partial charge in [-0.3, -0.25) is 4.79 Å². The molecule has 2 aromatic rings. The Bertz CT molecular complexity index is 1020. The molecule has 4 rings (SSSR count). The number of halogens is 6. The number of benzene rings is 1. The highest BCUT2D eigenvalue weighted by atomic mass is 19.4. The fourth-order valence-electron chi connectivity index (χ4n) is 3.52. The Morgan fingerprint density at radius 2 is 2.00 bits per heavy atom. The molecule has 1 aromatic carbocycles. The molecule has 0 radical (unpaired) electrons. The van der Waals surface area contributed by atoms with E-state index in [-0.39, 0.29) is 11.7 Å². The largest absolute Gasteiger partial charge is 0.479 e. The standard InChI is InChI=1S/C20H19F6N3O4/c21-12-7-11(3-4-13(12)32-15-9-31-10-19(15,22)23)27-17(30)16-14(8-20(24,25)26)33-18(28-16)29-5-1-2-6-29/h3-4,7,15H,1-2,5-6,8-10H2,(H,27,30)/t15-/m1/s1. The average Bonchev–Trinajstić information content (AvgIpc) is 3.43. The summed E-state index contributed by atoms with van der Waals surface area (Å²) in [5.41, 5.74) is -0.708. The second kappa shape index (κ2) is 8.76. The van der Waals surface area contributed by atoms with Gasteiger partial charge in [0.25, 0.3) is 11.9 Å². The highest BCUT2D eigenvalue weighted by molar-refractivity contribution is 6.03. The van der Waals surface area contributed by atoms with E-state index in [2.05, 4.69) is 15.0 Å². The van der Waals surface area contributed by atoms with Crippen molar-refractivity contribution in [2.45, 2.75) is 37.5 Å². The molecule has 7 nitrogen and oxygen atoms in total. The number of amides is 1. The summed E-state index contributed by atoms with van der Waals surface area (Å²) in [6.07, 6.45) is -6.20. The van der Waals surface area contributed by atoms with Gasteiger partial charge in [0.15, 0.2) is 23.4 Å². The Morgan fingerprint density at radius 3 is 2.61 bits per heavy atom. The monoisotopic (exact) mass is 479 g/mol. The van der Waals surface area contributed by atoms with Crippen molar-refractivity contribution in [1.29, 1.82) is 0 Å². The SMILES string of the molecule is O=C(Nc1ccc(O[C@@H]2COCC2(F)F)c(F)c1)c1nc(N2CCCC2)oc1CC(F)(F)F. The smallest absolute Gasteiger partial charge is 0.396 e. The molecule has 0 spiro atoms. The number of alkyl halides is 5. The number of aromatic nitrogens is 1. The molecule has 3 heterocycles. The lowest BCUT2D eigenvalue weighted by Gasteiger charge is -2.19. The number of carbonyl (C=O) groups is 1. The van der Waals surface area contributed by atoms with Gasteiger partial charge in [0.2, 0.25) is 0 Å². The number of nitrogens with zero attached hydrogens (tertiary/aromatic N) is 2. The van der Waals surface area contributed by atoms with E-state index in [1.807, 2.05) is 0 Å². The lowest BCUT2D eigenvalue weighted by molar-refractivity contribution is -0.130. The van der Waals surface area contributed by atoms with Gasteiger partial charge in [-0.25, -0.2) is 4.39 Å². The van der Waals surface area contributed by atoms with Crippen molar-refractivity contribution in [1.82, 2.24) is 4.98 Å². The van der Waals surface area contributed by atoms with Gasteiger partial charge in [0.1, 0.15) is 18.8 Å². The molecule has 1 atom stereocenters.